The predicted octanol–water partition coefficient (Wildman–Crippen LogP) is 1.98. The molecule has 0 aromatic heterocycles. The van der Waals surface area contributed by atoms with Crippen molar-refractivity contribution in [3.05, 3.63) is 71.8 Å². The highest BCUT2D eigenvalue weighted by atomic mass is 16.4. The summed E-state index contributed by atoms with van der Waals surface area (Å²) in [6.07, 6.45) is 0.492. The van der Waals surface area contributed by atoms with Gasteiger partial charge < -0.3 is 15.7 Å². The quantitative estimate of drug-likeness (QED) is 0.693. The van der Waals surface area contributed by atoms with Gasteiger partial charge in [0.2, 0.25) is 5.91 Å². The average Bonchev–Trinajstić information content (AvgIpc) is 2.60. The zero-order valence-electron chi connectivity index (χ0n) is 13.6. The fourth-order valence-corrected chi connectivity index (χ4v) is 2.32. The summed E-state index contributed by atoms with van der Waals surface area (Å²) in [6, 6.07) is 18.0. The lowest BCUT2D eigenvalue weighted by Gasteiger charge is -2.20. The normalized spacial score (nSPS) is 13.0. The zero-order valence-corrected chi connectivity index (χ0v) is 13.6. The third-order valence-electron chi connectivity index (χ3n) is 3.72. The van der Waals surface area contributed by atoms with Crippen LogP contribution in [0.1, 0.15) is 18.1 Å². The van der Waals surface area contributed by atoms with Crippen LogP contribution in [0.5, 0.6) is 0 Å². The largest absolute Gasteiger partial charge is 0.480 e. The van der Waals surface area contributed by atoms with Crippen LogP contribution in [-0.2, 0) is 22.6 Å². The van der Waals surface area contributed by atoms with Crippen LogP contribution in [-0.4, -0.2) is 29.1 Å². The number of carboxylic acids is 1. The molecule has 5 heteroatoms. The van der Waals surface area contributed by atoms with Gasteiger partial charge in [0.15, 0.2) is 0 Å². The van der Waals surface area contributed by atoms with Crippen LogP contribution in [0.15, 0.2) is 60.7 Å². The minimum atomic E-state index is -1.05. The molecule has 1 amide bonds. The van der Waals surface area contributed by atoms with Gasteiger partial charge in [-0.15, -0.1) is 0 Å². The van der Waals surface area contributed by atoms with E-state index < -0.39 is 18.1 Å². The molecule has 0 fully saturated rings. The average molecular weight is 326 g/mol. The SMILES string of the molecule is C[C@H](NC(=O)[C@H](Cc1ccccc1)NCc1ccccc1)C(=O)O. The van der Waals surface area contributed by atoms with Crippen LogP contribution in [0.4, 0.5) is 0 Å². The van der Waals surface area contributed by atoms with E-state index in [2.05, 4.69) is 10.6 Å². The molecule has 2 atom stereocenters. The van der Waals surface area contributed by atoms with E-state index in [1.165, 1.54) is 6.92 Å². The Kier molecular flexibility index (Phi) is 6.51. The summed E-state index contributed by atoms with van der Waals surface area (Å²) in [4.78, 5) is 23.4. The molecule has 0 heterocycles. The number of hydrogen-bond donors (Lipinski definition) is 3. The Morgan fingerprint density at radius 2 is 1.50 bits per heavy atom. The molecule has 0 aliphatic heterocycles. The molecule has 0 saturated carbocycles. The summed E-state index contributed by atoms with van der Waals surface area (Å²) in [6.45, 7) is 1.99. The summed E-state index contributed by atoms with van der Waals surface area (Å²) in [5.41, 5.74) is 2.08. The van der Waals surface area contributed by atoms with E-state index >= 15 is 0 Å². The van der Waals surface area contributed by atoms with Crippen LogP contribution in [0, 0.1) is 0 Å². The molecule has 2 aromatic rings. The van der Waals surface area contributed by atoms with E-state index in [0.29, 0.717) is 13.0 Å². The van der Waals surface area contributed by atoms with E-state index in [1.54, 1.807) is 0 Å². The lowest BCUT2D eigenvalue weighted by molar-refractivity contribution is -0.141. The van der Waals surface area contributed by atoms with Crippen LogP contribution < -0.4 is 10.6 Å². The summed E-state index contributed by atoms with van der Waals surface area (Å²) in [5.74, 6) is -1.37. The molecular weight excluding hydrogens is 304 g/mol. The highest BCUT2D eigenvalue weighted by molar-refractivity contribution is 5.86. The molecule has 2 aromatic carbocycles. The van der Waals surface area contributed by atoms with Crippen molar-refractivity contribution in [2.45, 2.75) is 32.0 Å². The summed E-state index contributed by atoms with van der Waals surface area (Å²) in [5, 5.41) is 14.7. The van der Waals surface area contributed by atoms with Gasteiger partial charge in [0, 0.05) is 6.54 Å². The van der Waals surface area contributed by atoms with E-state index in [0.717, 1.165) is 11.1 Å². The molecule has 0 bridgehead atoms. The summed E-state index contributed by atoms with van der Waals surface area (Å²) in [7, 11) is 0. The van der Waals surface area contributed by atoms with Crippen molar-refractivity contribution in [1.82, 2.24) is 10.6 Å². The Hall–Kier alpha value is -2.66. The number of carbonyl (C=O) groups excluding carboxylic acids is 1. The molecule has 0 radical (unpaired) electrons. The molecular formula is C19H22N2O3. The lowest BCUT2D eigenvalue weighted by Crippen LogP contribution is -2.50. The van der Waals surface area contributed by atoms with Crippen molar-refractivity contribution < 1.29 is 14.7 Å². The molecule has 0 saturated heterocycles. The fourth-order valence-electron chi connectivity index (χ4n) is 2.32. The topological polar surface area (TPSA) is 78.4 Å². The first-order valence-electron chi connectivity index (χ1n) is 7.90. The van der Waals surface area contributed by atoms with Gasteiger partial charge in [0.25, 0.3) is 0 Å². The van der Waals surface area contributed by atoms with Crippen LogP contribution in [0.25, 0.3) is 0 Å². The number of aliphatic carboxylic acids is 1. The first-order chi connectivity index (χ1) is 11.6. The number of benzene rings is 2. The Morgan fingerprint density at radius 3 is 2.04 bits per heavy atom. The van der Waals surface area contributed by atoms with Gasteiger partial charge in [-0.25, -0.2) is 0 Å². The fraction of sp³-hybridized carbons (Fsp3) is 0.263. The number of nitrogens with one attached hydrogen (secondary N) is 2. The molecule has 0 aliphatic carbocycles. The molecule has 24 heavy (non-hydrogen) atoms. The standard InChI is InChI=1S/C19H22N2O3/c1-14(19(23)24)21-18(22)17(12-15-8-4-2-5-9-15)20-13-16-10-6-3-7-11-16/h2-11,14,17,20H,12-13H2,1H3,(H,21,22)(H,23,24)/t14-,17-/m0/s1. The number of hydrogen-bond acceptors (Lipinski definition) is 3. The molecule has 2 rings (SSSR count). The van der Waals surface area contributed by atoms with E-state index in [4.69, 9.17) is 5.11 Å². The van der Waals surface area contributed by atoms with Gasteiger partial charge in [-0.1, -0.05) is 60.7 Å². The predicted molar refractivity (Wildman–Crippen MR) is 92.5 cm³/mol. The zero-order chi connectivity index (χ0) is 17.4. The Bertz CT molecular complexity index is 659. The smallest absolute Gasteiger partial charge is 0.325 e. The Morgan fingerprint density at radius 1 is 0.958 bits per heavy atom. The van der Waals surface area contributed by atoms with E-state index in [-0.39, 0.29) is 5.91 Å². The highest BCUT2D eigenvalue weighted by Gasteiger charge is 2.22. The molecule has 3 N–H and O–H groups in total. The van der Waals surface area contributed by atoms with E-state index in [1.807, 2.05) is 60.7 Å². The van der Waals surface area contributed by atoms with Crippen LogP contribution in [0.3, 0.4) is 0 Å². The maximum absolute atomic E-state index is 12.4. The van der Waals surface area contributed by atoms with Crippen LogP contribution >= 0.6 is 0 Å². The Balaban J connectivity index is 2.05. The molecule has 0 spiro atoms. The van der Waals surface area contributed by atoms with Gasteiger partial charge in [-0.05, 0) is 24.5 Å². The van der Waals surface area contributed by atoms with E-state index in [9.17, 15) is 9.59 Å². The van der Waals surface area contributed by atoms with Gasteiger partial charge in [0.05, 0.1) is 6.04 Å². The second-order valence-electron chi connectivity index (χ2n) is 5.68. The second kappa shape index (κ2) is 8.84. The van der Waals surface area contributed by atoms with Gasteiger partial charge in [0.1, 0.15) is 6.04 Å². The van der Waals surface area contributed by atoms with Crippen LogP contribution in [0.2, 0.25) is 0 Å². The minimum Gasteiger partial charge on any atom is -0.480 e. The monoisotopic (exact) mass is 326 g/mol. The Labute approximate surface area is 141 Å². The second-order valence-corrected chi connectivity index (χ2v) is 5.68. The molecule has 0 unspecified atom stereocenters. The molecule has 126 valence electrons. The van der Waals surface area contributed by atoms with Gasteiger partial charge in [-0.2, -0.15) is 0 Å². The summed E-state index contributed by atoms with van der Waals surface area (Å²) >= 11 is 0. The van der Waals surface area contributed by atoms with Crippen molar-refractivity contribution >= 4 is 11.9 Å². The minimum absolute atomic E-state index is 0.315. The number of amides is 1. The molecule has 5 nitrogen and oxygen atoms in total. The maximum atomic E-state index is 12.4. The lowest BCUT2D eigenvalue weighted by atomic mass is 10.0. The number of carbonyl (C=O) groups is 2. The van der Waals surface area contributed by atoms with Crippen molar-refractivity contribution in [1.29, 1.82) is 0 Å². The number of carboxylic acid groups (broad SMARTS) is 1. The van der Waals surface area contributed by atoms with Crippen molar-refractivity contribution in [2.75, 3.05) is 0 Å². The van der Waals surface area contributed by atoms with Crippen molar-refractivity contribution in [3.8, 4) is 0 Å². The van der Waals surface area contributed by atoms with Crippen molar-refractivity contribution in [2.24, 2.45) is 0 Å². The maximum Gasteiger partial charge on any atom is 0.325 e. The first kappa shape index (κ1) is 17.7. The summed E-state index contributed by atoms with van der Waals surface area (Å²) < 4.78 is 0. The third kappa shape index (κ3) is 5.52. The van der Waals surface area contributed by atoms with Crippen molar-refractivity contribution in [3.63, 3.8) is 0 Å². The number of rotatable bonds is 8. The third-order valence-corrected chi connectivity index (χ3v) is 3.72. The van der Waals surface area contributed by atoms with Gasteiger partial charge >= 0.3 is 5.97 Å². The molecule has 0 aliphatic rings. The first-order valence-corrected chi connectivity index (χ1v) is 7.90. The highest BCUT2D eigenvalue weighted by Crippen LogP contribution is 2.06. The van der Waals surface area contributed by atoms with Gasteiger partial charge in [-0.3, -0.25) is 9.59 Å².